The molecule has 1 aliphatic heterocycles. The lowest BCUT2D eigenvalue weighted by Gasteiger charge is -2.29. The second-order valence-corrected chi connectivity index (χ2v) is 5.80. The first-order valence-corrected chi connectivity index (χ1v) is 7.87. The average molecular weight is 325 g/mol. The van der Waals surface area contributed by atoms with Gasteiger partial charge in [0.1, 0.15) is 11.7 Å². The Kier molecular flexibility index (Phi) is 5.46. The molecule has 116 valence electrons. The number of amides is 1. The van der Waals surface area contributed by atoms with E-state index in [4.69, 9.17) is 4.74 Å². The summed E-state index contributed by atoms with van der Waals surface area (Å²) >= 11 is 1.32. The molecule has 0 saturated heterocycles. The molecule has 1 aromatic carbocycles. The molecule has 1 aromatic rings. The van der Waals surface area contributed by atoms with Crippen molar-refractivity contribution in [2.24, 2.45) is 5.92 Å². The Hall–Kier alpha value is -2.70. The lowest BCUT2D eigenvalue weighted by molar-refractivity contribution is -0.123. The summed E-state index contributed by atoms with van der Waals surface area (Å²) < 4.78 is 5.34. The third-order valence-corrected chi connectivity index (χ3v) is 4.50. The van der Waals surface area contributed by atoms with Crippen LogP contribution in [-0.4, -0.2) is 18.8 Å². The van der Waals surface area contributed by atoms with E-state index >= 15 is 0 Å². The number of nitrogens with zero attached hydrogens (tertiary/aromatic N) is 2. The van der Waals surface area contributed by atoms with E-state index < -0.39 is 17.7 Å². The van der Waals surface area contributed by atoms with Crippen LogP contribution in [0.4, 0.5) is 0 Å². The van der Waals surface area contributed by atoms with E-state index in [1.54, 1.807) is 30.3 Å². The fraction of sp³-hybridized carbons (Fsp3) is 0.235. The minimum atomic E-state index is -0.978. The number of rotatable bonds is 5. The Morgan fingerprint density at radius 1 is 1.43 bits per heavy atom. The van der Waals surface area contributed by atoms with Crippen LogP contribution in [0.25, 0.3) is 0 Å². The predicted octanol–water partition coefficient (Wildman–Crippen LogP) is 2.70. The number of para-hydroxylation sites is 1. The number of hydrogen-bond acceptors (Lipinski definition) is 5. The first kappa shape index (κ1) is 16.7. The van der Waals surface area contributed by atoms with E-state index in [-0.39, 0.29) is 0 Å². The van der Waals surface area contributed by atoms with Crippen molar-refractivity contribution in [3.63, 3.8) is 0 Å². The first-order chi connectivity index (χ1) is 11.2. The second-order valence-electron chi connectivity index (χ2n) is 4.77. The Bertz CT molecular complexity index is 743. The topological polar surface area (TPSA) is 85.9 Å². The van der Waals surface area contributed by atoms with Gasteiger partial charge in [-0.25, -0.2) is 0 Å². The highest BCUT2D eigenvalue weighted by Gasteiger charge is 2.40. The van der Waals surface area contributed by atoms with Gasteiger partial charge in [-0.05, 0) is 6.07 Å². The van der Waals surface area contributed by atoms with Crippen LogP contribution in [0.5, 0.6) is 5.75 Å². The van der Waals surface area contributed by atoms with Gasteiger partial charge in [-0.1, -0.05) is 24.3 Å². The van der Waals surface area contributed by atoms with Gasteiger partial charge in [0.25, 0.3) is 0 Å². The van der Waals surface area contributed by atoms with Crippen LogP contribution in [0, 0.1) is 28.6 Å². The maximum absolute atomic E-state index is 12.3. The molecule has 6 heteroatoms. The molecule has 0 unspecified atom stereocenters. The summed E-state index contributed by atoms with van der Waals surface area (Å²) in [7, 11) is 1.52. The molecule has 0 aromatic heterocycles. The van der Waals surface area contributed by atoms with E-state index in [0.29, 0.717) is 27.7 Å². The SMILES string of the molecule is C=CCSC1=C(C#N)[C@@H](c2ccccc2OC)[C@H](C#N)C(=O)N1. The molecule has 0 aliphatic carbocycles. The Balaban J connectivity index is 2.63. The molecule has 0 bridgehead atoms. The summed E-state index contributed by atoms with van der Waals surface area (Å²) in [6.07, 6.45) is 1.69. The number of allylic oxidation sites excluding steroid dienone is 1. The van der Waals surface area contributed by atoms with Crippen molar-refractivity contribution in [2.45, 2.75) is 5.92 Å². The van der Waals surface area contributed by atoms with Crippen molar-refractivity contribution in [1.82, 2.24) is 5.32 Å². The molecule has 23 heavy (non-hydrogen) atoms. The molecule has 2 atom stereocenters. The summed E-state index contributed by atoms with van der Waals surface area (Å²) in [6, 6.07) is 11.3. The zero-order valence-electron chi connectivity index (χ0n) is 12.6. The highest BCUT2D eigenvalue weighted by atomic mass is 32.2. The van der Waals surface area contributed by atoms with Gasteiger partial charge in [0, 0.05) is 11.3 Å². The van der Waals surface area contributed by atoms with Crippen LogP contribution in [0.2, 0.25) is 0 Å². The van der Waals surface area contributed by atoms with Crippen LogP contribution in [0.15, 0.2) is 47.5 Å². The number of nitriles is 2. The van der Waals surface area contributed by atoms with Gasteiger partial charge >= 0.3 is 0 Å². The van der Waals surface area contributed by atoms with E-state index in [0.717, 1.165) is 0 Å². The van der Waals surface area contributed by atoms with Gasteiger partial charge in [-0.2, -0.15) is 10.5 Å². The minimum Gasteiger partial charge on any atom is -0.496 e. The zero-order chi connectivity index (χ0) is 16.8. The second kappa shape index (κ2) is 7.53. The zero-order valence-corrected chi connectivity index (χ0v) is 13.4. The van der Waals surface area contributed by atoms with Gasteiger partial charge in [-0.15, -0.1) is 18.3 Å². The Labute approximate surface area is 139 Å². The Morgan fingerprint density at radius 3 is 2.78 bits per heavy atom. The maximum atomic E-state index is 12.3. The summed E-state index contributed by atoms with van der Waals surface area (Å²) in [4.78, 5) is 12.3. The van der Waals surface area contributed by atoms with Crippen LogP contribution >= 0.6 is 11.8 Å². The molecule has 1 amide bonds. The van der Waals surface area contributed by atoms with Crippen molar-refractivity contribution < 1.29 is 9.53 Å². The molecule has 0 saturated carbocycles. The Morgan fingerprint density at radius 2 is 2.17 bits per heavy atom. The highest BCUT2D eigenvalue weighted by molar-refractivity contribution is 8.03. The van der Waals surface area contributed by atoms with Crippen molar-refractivity contribution >= 4 is 17.7 Å². The van der Waals surface area contributed by atoms with E-state index in [1.807, 2.05) is 6.07 Å². The normalized spacial score (nSPS) is 20.2. The van der Waals surface area contributed by atoms with Gasteiger partial charge in [0.2, 0.25) is 5.91 Å². The van der Waals surface area contributed by atoms with E-state index in [1.165, 1.54) is 18.9 Å². The van der Waals surface area contributed by atoms with E-state index in [2.05, 4.69) is 18.0 Å². The van der Waals surface area contributed by atoms with Gasteiger partial charge in [0.05, 0.1) is 35.8 Å². The molecule has 2 rings (SSSR count). The molecule has 1 heterocycles. The summed E-state index contributed by atoms with van der Waals surface area (Å²) in [5.74, 6) is -0.935. The lowest BCUT2D eigenvalue weighted by Crippen LogP contribution is -2.39. The molecule has 1 aliphatic rings. The number of methoxy groups -OCH3 is 1. The third kappa shape index (κ3) is 3.23. The minimum absolute atomic E-state index is 0.368. The predicted molar refractivity (Wildman–Crippen MR) is 88.3 cm³/mol. The van der Waals surface area contributed by atoms with Crippen molar-refractivity contribution in [1.29, 1.82) is 10.5 Å². The molecule has 0 fully saturated rings. The van der Waals surface area contributed by atoms with Gasteiger partial charge in [-0.3, -0.25) is 4.79 Å². The standard InChI is InChI=1S/C17H15N3O2S/c1-3-8-23-17-13(10-19)15(12(9-18)16(21)20-17)11-6-4-5-7-14(11)22-2/h3-7,12,15H,1,8H2,2H3,(H,20,21)/t12-,15-/m0/s1. The smallest absolute Gasteiger partial charge is 0.243 e. The number of nitrogens with one attached hydrogen (secondary N) is 1. The number of carbonyl (C=O) groups is 1. The monoisotopic (exact) mass is 325 g/mol. The molecule has 5 nitrogen and oxygen atoms in total. The lowest BCUT2D eigenvalue weighted by atomic mass is 9.79. The molecular weight excluding hydrogens is 310 g/mol. The molecule has 1 N–H and O–H groups in total. The fourth-order valence-electron chi connectivity index (χ4n) is 2.48. The number of carbonyl (C=O) groups excluding carboxylic acids is 1. The van der Waals surface area contributed by atoms with Gasteiger partial charge in [0.15, 0.2) is 0 Å². The highest BCUT2D eigenvalue weighted by Crippen LogP contribution is 2.42. The van der Waals surface area contributed by atoms with E-state index in [9.17, 15) is 15.3 Å². The van der Waals surface area contributed by atoms with Crippen LogP contribution in [0.3, 0.4) is 0 Å². The van der Waals surface area contributed by atoms with Crippen molar-refractivity contribution in [3.05, 3.63) is 53.1 Å². The summed E-state index contributed by atoms with van der Waals surface area (Å²) in [6.45, 7) is 3.64. The van der Waals surface area contributed by atoms with Crippen LogP contribution < -0.4 is 10.1 Å². The molecular formula is C17H15N3O2S. The quantitative estimate of drug-likeness (QED) is 0.841. The van der Waals surface area contributed by atoms with Crippen LogP contribution in [0.1, 0.15) is 11.5 Å². The number of benzene rings is 1. The average Bonchev–Trinajstić information content (AvgIpc) is 2.59. The largest absolute Gasteiger partial charge is 0.496 e. The summed E-state index contributed by atoms with van der Waals surface area (Å²) in [5, 5.41) is 22.2. The third-order valence-electron chi connectivity index (χ3n) is 3.49. The summed E-state index contributed by atoms with van der Waals surface area (Å²) in [5.41, 5.74) is 1.03. The molecule has 0 radical (unpaired) electrons. The van der Waals surface area contributed by atoms with Crippen molar-refractivity contribution in [3.8, 4) is 17.9 Å². The van der Waals surface area contributed by atoms with Crippen LogP contribution in [-0.2, 0) is 4.79 Å². The number of ether oxygens (including phenoxy) is 1. The number of thioether (sulfide) groups is 1. The van der Waals surface area contributed by atoms with Crippen molar-refractivity contribution in [2.75, 3.05) is 12.9 Å². The fourth-order valence-corrected chi connectivity index (χ4v) is 3.27. The molecule has 0 spiro atoms. The number of hydrogen-bond donors (Lipinski definition) is 1. The van der Waals surface area contributed by atoms with Gasteiger partial charge < -0.3 is 10.1 Å². The first-order valence-electron chi connectivity index (χ1n) is 6.89. The maximum Gasteiger partial charge on any atom is 0.243 e.